The van der Waals surface area contributed by atoms with Crippen molar-refractivity contribution in [3.63, 3.8) is 0 Å². The van der Waals surface area contributed by atoms with Gasteiger partial charge in [0.2, 0.25) is 0 Å². The number of nitrogens with one attached hydrogen (secondary N) is 1. The van der Waals surface area contributed by atoms with Gasteiger partial charge >= 0.3 is 0 Å². The molecule has 2 heteroatoms. The summed E-state index contributed by atoms with van der Waals surface area (Å²) in [5.41, 5.74) is 6.73. The van der Waals surface area contributed by atoms with Crippen LogP contribution in [0.5, 0.6) is 0 Å². The van der Waals surface area contributed by atoms with Crippen LogP contribution in [0.3, 0.4) is 0 Å². The zero-order valence-corrected chi connectivity index (χ0v) is 13.4. The van der Waals surface area contributed by atoms with Crippen LogP contribution in [0.4, 0.5) is 0 Å². The molecule has 1 atom stereocenters. The summed E-state index contributed by atoms with van der Waals surface area (Å²) < 4.78 is 0. The van der Waals surface area contributed by atoms with Crippen molar-refractivity contribution in [2.75, 3.05) is 7.05 Å². The molecular formula is C18H22ClN. The van der Waals surface area contributed by atoms with Crippen LogP contribution in [-0.4, -0.2) is 7.05 Å². The largest absolute Gasteiger partial charge is 0.313 e. The Morgan fingerprint density at radius 1 is 0.950 bits per heavy atom. The minimum atomic E-state index is 0.329. The molecule has 0 saturated heterocycles. The highest BCUT2D eigenvalue weighted by atomic mass is 35.5. The van der Waals surface area contributed by atoms with E-state index >= 15 is 0 Å². The van der Waals surface area contributed by atoms with Crippen molar-refractivity contribution in [2.45, 2.75) is 33.2 Å². The Balaban J connectivity index is 2.28. The average molecular weight is 288 g/mol. The second kappa shape index (κ2) is 6.43. The molecule has 2 aromatic carbocycles. The molecule has 0 aliphatic heterocycles. The maximum Gasteiger partial charge on any atom is 0.0406 e. The van der Waals surface area contributed by atoms with E-state index in [2.05, 4.69) is 50.4 Å². The molecule has 1 N–H and O–H groups in total. The van der Waals surface area contributed by atoms with E-state index in [4.69, 9.17) is 11.6 Å². The summed E-state index contributed by atoms with van der Waals surface area (Å²) in [6.45, 7) is 6.53. The Bertz CT molecular complexity index is 587. The quantitative estimate of drug-likeness (QED) is 0.854. The zero-order chi connectivity index (χ0) is 14.7. The molecule has 0 spiro atoms. The predicted molar refractivity (Wildman–Crippen MR) is 87.6 cm³/mol. The molecule has 0 aliphatic carbocycles. The van der Waals surface area contributed by atoms with Gasteiger partial charge < -0.3 is 5.32 Å². The van der Waals surface area contributed by atoms with Crippen LogP contribution in [0.15, 0.2) is 36.4 Å². The summed E-state index contributed by atoms with van der Waals surface area (Å²) in [5, 5.41) is 4.22. The highest BCUT2D eigenvalue weighted by molar-refractivity contribution is 6.30. The first-order valence-electron chi connectivity index (χ1n) is 7.00. The third-order valence-corrected chi connectivity index (χ3v) is 4.21. The number of halogens is 1. The SMILES string of the molecule is CNC(Cc1ccc(Cl)cc1)c1cc(C)c(C)cc1C. The average Bonchev–Trinajstić information content (AvgIpc) is 2.43. The van der Waals surface area contributed by atoms with Gasteiger partial charge in [-0.25, -0.2) is 0 Å². The first-order valence-corrected chi connectivity index (χ1v) is 7.38. The Morgan fingerprint density at radius 3 is 2.15 bits per heavy atom. The molecule has 2 aromatic rings. The molecule has 0 heterocycles. The monoisotopic (exact) mass is 287 g/mol. The van der Waals surface area contributed by atoms with Gasteiger partial charge in [-0.2, -0.15) is 0 Å². The topological polar surface area (TPSA) is 12.0 Å². The fraction of sp³-hybridized carbons (Fsp3) is 0.333. The first kappa shape index (κ1) is 15.1. The van der Waals surface area contributed by atoms with E-state index in [1.54, 1.807) is 0 Å². The fourth-order valence-corrected chi connectivity index (χ4v) is 2.71. The minimum Gasteiger partial charge on any atom is -0.313 e. The number of hydrogen-bond acceptors (Lipinski definition) is 1. The van der Waals surface area contributed by atoms with Crippen molar-refractivity contribution in [1.82, 2.24) is 5.32 Å². The molecule has 0 radical (unpaired) electrons. The van der Waals surface area contributed by atoms with Gasteiger partial charge in [-0.15, -0.1) is 0 Å². The molecule has 0 aliphatic rings. The fourth-order valence-electron chi connectivity index (χ4n) is 2.58. The van der Waals surface area contributed by atoms with Gasteiger partial charge in [0.1, 0.15) is 0 Å². The van der Waals surface area contributed by atoms with E-state index in [1.165, 1.54) is 27.8 Å². The van der Waals surface area contributed by atoms with E-state index in [1.807, 2.05) is 19.2 Å². The van der Waals surface area contributed by atoms with Gasteiger partial charge in [0.05, 0.1) is 0 Å². The molecule has 1 nitrogen and oxygen atoms in total. The Kier molecular flexibility index (Phi) is 4.85. The third-order valence-electron chi connectivity index (χ3n) is 3.96. The van der Waals surface area contributed by atoms with E-state index in [9.17, 15) is 0 Å². The van der Waals surface area contributed by atoms with E-state index < -0.39 is 0 Å². The number of rotatable bonds is 4. The van der Waals surface area contributed by atoms with Crippen molar-refractivity contribution >= 4 is 11.6 Å². The lowest BCUT2D eigenvalue weighted by Gasteiger charge is -2.20. The van der Waals surface area contributed by atoms with E-state index in [0.717, 1.165) is 11.4 Å². The molecular weight excluding hydrogens is 266 g/mol. The van der Waals surface area contributed by atoms with Crippen LogP contribution in [-0.2, 0) is 6.42 Å². The summed E-state index contributed by atoms with van der Waals surface area (Å²) in [4.78, 5) is 0. The van der Waals surface area contributed by atoms with Gasteiger partial charge in [0.15, 0.2) is 0 Å². The zero-order valence-electron chi connectivity index (χ0n) is 12.6. The van der Waals surface area contributed by atoms with Gasteiger partial charge in [-0.3, -0.25) is 0 Å². The Morgan fingerprint density at radius 2 is 1.55 bits per heavy atom. The smallest absolute Gasteiger partial charge is 0.0406 e. The van der Waals surface area contributed by atoms with Gasteiger partial charge in [0.25, 0.3) is 0 Å². The van der Waals surface area contributed by atoms with Crippen molar-refractivity contribution < 1.29 is 0 Å². The highest BCUT2D eigenvalue weighted by Gasteiger charge is 2.13. The summed E-state index contributed by atoms with van der Waals surface area (Å²) in [6, 6.07) is 13.0. The maximum absolute atomic E-state index is 5.95. The molecule has 2 rings (SSSR count). The standard InChI is InChI=1S/C18H22ClN/c1-12-9-14(3)17(10-13(12)2)18(20-4)11-15-5-7-16(19)8-6-15/h5-10,18,20H,11H2,1-4H3. The van der Waals surface area contributed by atoms with Crippen molar-refractivity contribution in [3.8, 4) is 0 Å². The lowest BCUT2D eigenvalue weighted by molar-refractivity contribution is 0.588. The second-order valence-corrected chi connectivity index (χ2v) is 5.90. The van der Waals surface area contributed by atoms with E-state index in [-0.39, 0.29) is 0 Å². The maximum atomic E-state index is 5.95. The number of likely N-dealkylation sites (N-methyl/N-ethyl adjacent to an activating group) is 1. The molecule has 106 valence electrons. The number of benzene rings is 2. The third kappa shape index (κ3) is 3.41. The van der Waals surface area contributed by atoms with Crippen LogP contribution >= 0.6 is 11.6 Å². The van der Waals surface area contributed by atoms with Crippen molar-refractivity contribution in [1.29, 1.82) is 0 Å². The molecule has 0 bridgehead atoms. The Labute approximate surface area is 127 Å². The minimum absolute atomic E-state index is 0.329. The summed E-state index contributed by atoms with van der Waals surface area (Å²) in [6.07, 6.45) is 0.969. The second-order valence-electron chi connectivity index (χ2n) is 5.46. The van der Waals surface area contributed by atoms with Crippen LogP contribution in [0.1, 0.15) is 33.9 Å². The number of aryl methyl sites for hydroxylation is 3. The molecule has 0 saturated carbocycles. The van der Waals surface area contributed by atoms with Gasteiger partial charge in [0, 0.05) is 11.1 Å². The van der Waals surface area contributed by atoms with Gasteiger partial charge in [-0.05, 0) is 74.2 Å². The number of hydrogen-bond donors (Lipinski definition) is 1. The van der Waals surface area contributed by atoms with Crippen LogP contribution in [0.25, 0.3) is 0 Å². The van der Waals surface area contributed by atoms with Crippen LogP contribution < -0.4 is 5.32 Å². The summed E-state index contributed by atoms with van der Waals surface area (Å²) >= 11 is 5.95. The highest BCUT2D eigenvalue weighted by Crippen LogP contribution is 2.25. The first-order chi connectivity index (χ1) is 9.51. The van der Waals surface area contributed by atoms with Crippen molar-refractivity contribution in [2.24, 2.45) is 0 Å². The lowest BCUT2D eigenvalue weighted by Crippen LogP contribution is -2.20. The molecule has 0 fully saturated rings. The molecule has 1 unspecified atom stereocenters. The van der Waals surface area contributed by atoms with Crippen LogP contribution in [0.2, 0.25) is 5.02 Å². The van der Waals surface area contributed by atoms with Crippen molar-refractivity contribution in [3.05, 3.63) is 69.2 Å². The lowest BCUT2D eigenvalue weighted by atomic mass is 9.92. The molecule has 0 amide bonds. The summed E-state index contributed by atoms with van der Waals surface area (Å²) in [5.74, 6) is 0. The summed E-state index contributed by atoms with van der Waals surface area (Å²) in [7, 11) is 2.02. The molecule has 20 heavy (non-hydrogen) atoms. The predicted octanol–water partition coefficient (Wildman–Crippen LogP) is 4.77. The Hall–Kier alpha value is -1.31. The normalized spacial score (nSPS) is 12.4. The van der Waals surface area contributed by atoms with E-state index in [0.29, 0.717) is 6.04 Å². The molecule has 0 aromatic heterocycles. The van der Waals surface area contributed by atoms with Crippen LogP contribution in [0, 0.1) is 20.8 Å². The van der Waals surface area contributed by atoms with Gasteiger partial charge in [-0.1, -0.05) is 35.9 Å².